The van der Waals surface area contributed by atoms with Gasteiger partial charge in [-0.1, -0.05) is 26.0 Å². The molecule has 0 aliphatic carbocycles. The number of urea groups is 1. The van der Waals surface area contributed by atoms with Crippen molar-refractivity contribution in [3.05, 3.63) is 35.4 Å². The number of esters is 1. The lowest BCUT2D eigenvalue weighted by molar-refractivity contribution is -0.136. The van der Waals surface area contributed by atoms with Crippen LogP contribution < -0.4 is 5.32 Å². The highest BCUT2D eigenvalue weighted by atomic mass is 16.5. The van der Waals surface area contributed by atoms with Crippen molar-refractivity contribution in [3.8, 4) is 0 Å². The molecule has 3 amide bonds. The molecule has 0 unspecified atom stereocenters. The van der Waals surface area contributed by atoms with Gasteiger partial charge in [0, 0.05) is 13.1 Å². The summed E-state index contributed by atoms with van der Waals surface area (Å²) in [7, 11) is 0. The molecule has 0 saturated carbocycles. The van der Waals surface area contributed by atoms with Crippen molar-refractivity contribution in [2.24, 2.45) is 5.92 Å². The summed E-state index contributed by atoms with van der Waals surface area (Å²) >= 11 is 0. The summed E-state index contributed by atoms with van der Waals surface area (Å²) in [6.45, 7) is 6.44. The quantitative estimate of drug-likeness (QED) is 0.842. The topological polar surface area (TPSA) is 75.7 Å². The minimum absolute atomic E-state index is 0.295. The zero-order valence-electron chi connectivity index (χ0n) is 13.7. The van der Waals surface area contributed by atoms with Gasteiger partial charge in [0.15, 0.2) is 6.10 Å². The Labute approximate surface area is 135 Å². The van der Waals surface area contributed by atoms with Gasteiger partial charge in [0.25, 0.3) is 5.91 Å². The van der Waals surface area contributed by atoms with E-state index in [4.69, 9.17) is 4.74 Å². The van der Waals surface area contributed by atoms with E-state index in [-0.39, 0.29) is 0 Å². The number of imide groups is 1. The number of nitrogens with zero attached hydrogens (tertiary/aromatic N) is 1. The Hall–Kier alpha value is -2.37. The highest BCUT2D eigenvalue weighted by Gasteiger charge is 2.31. The van der Waals surface area contributed by atoms with E-state index in [0.29, 0.717) is 24.6 Å². The van der Waals surface area contributed by atoms with E-state index in [1.807, 2.05) is 12.1 Å². The Balaban J connectivity index is 1.95. The van der Waals surface area contributed by atoms with Crippen molar-refractivity contribution in [1.29, 1.82) is 0 Å². The number of hydrogen-bond donors (Lipinski definition) is 1. The second-order valence-electron chi connectivity index (χ2n) is 6.06. The monoisotopic (exact) mass is 318 g/mol. The summed E-state index contributed by atoms with van der Waals surface area (Å²) in [5, 5.41) is 2.54. The number of amides is 3. The number of rotatable bonds is 5. The number of hydrogen-bond acceptors (Lipinski definition) is 4. The molecular formula is C17H22N2O4. The highest BCUT2D eigenvalue weighted by molar-refractivity contribution is 5.99. The van der Waals surface area contributed by atoms with Crippen LogP contribution in [0.1, 0.15) is 36.7 Å². The van der Waals surface area contributed by atoms with Crippen LogP contribution in [0, 0.1) is 5.92 Å². The highest BCUT2D eigenvalue weighted by Crippen LogP contribution is 2.12. The first-order valence-corrected chi connectivity index (χ1v) is 7.77. The Bertz CT molecular complexity index is 595. The summed E-state index contributed by atoms with van der Waals surface area (Å²) in [5.74, 6) is -0.539. The van der Waals surface area contributed by atoms with E-state index in [9.17, 15) is 14.4 Å². The summed E-state index contributed by atoms with van der Waals surface area (Å²) in [5.41, 5.74) is 1.54. The fourth-order valence-electron chi connectivity index (χ4n) is 2.43. The lowest BCUT2D eigenvalue weighted by Gasteiger charge is -2.18. The standard InChI is InChI=1S/C17H22N2O4/c1-11(2)10-13-4-6-14(7-5-13)16(21)23-12(3)15(20)19-9-8-18-17(19)22/h4-7,11-12H,8-10H2,1-3H3,(H,18,22)/t12-/m0/s1. The summed E-state index contributed by atoms with van der Waals surface area (Å²) in [6, 6.07) is 6.71. The SMILES string of the molecule is CC(C)Cc1ccc(C(=O)O[C@@H](C)C(=O)N2CCNC2=O)cc1. The third kappa shape index (κ3) is 4.31. The van der Waals surface area contributed by atoms with E-state index >= 15 is 0 Å². The molecule has 1 N–H and O–H groups in total. The molecule has 6 heteroatoms. The van der Waals surface area contributed by atoms with Crippen LogP contribution in [0.15, 0.2) is 24.3 Å². The number of carbonyl (C=O) groups is 3. The lowest BCUT2D eigenvalue weighted by atomic mass is 10.0. The van der Waals surface area contributed by atoms with Crippen LogP contribution in [-0.2, 0) is 16.0 Å². The van der Waals surface area contributed by atoms with Crippen LogP contribution in [-0.4, -0.2) is 42.0 Å². The molecule has 23 heavy (non-hydrogen) atoms. The molecule has 1 aliphatic heterocycles. The average Bonchev–Trinajstić information content (AvgIpc) is 2.92. The van der Waals surface area contributed by atoms with Crippen molar-refractivity contribution in [1.82, 2.24) is 10.2 Å². The molecule has 1 heterocycles. The maximum Gasteiger partial charge on any atom is 0.338 e. The van der Waals surface area contributed by atoms with Gasteiger partial charge in [-0.15, -0.1) is 0 Å². The molecule has 0 bridgehead atoms. The first kappa shape index (κ1) is 17.0. The van der Waals surface area contributed by atoms with Gasteiger partial charge in [-0.3, -0.25) is 9.69 Å². The molecule has 0 aromatic heterocycles. The lowest BCUT2D eigenvalue weighted by Crippen LogP contribution is -2.41. The fourth-order valence-corrected chi connectivity index (χ4v) is 2.43. The predicted octanol–water partition coefficient (Wildman–Crippen LogP) is 1.98. The van der Waals surface area contributed by atoms with Crippen LogP contribution in [0.5, 0.6) is 0 Å². The van der Waals surface area contributed by atoms with Gasteiger partial charge in [0.2, 0.25) is 0 Å². The molecule has 1 aromatic rings. The van der Waals surface area contributed by atoms with Crippen molar-refractivity contribution in [2.45, 2.75) is 33.3 Å². The Morgan fingerprint density at radius 3 is 2.39 bits per heavy atom. The second-order valence-corrected chi connectivity index (χ2v) is 6.06. The molecule has 1 saturated heterocycles. The van der Waals surface area contributed by atoms with Gasteiger partial charge in [0.1, 0.15) is 0 Å². The van der Waals surface area contributed by atoms with Gasteiger partial charge >= 0.3 is 12.0 Å². The number of carbonyl (C=O) groups excluding carboxylic acids is 3. The fraction of sp³-hybridized carbons (Fsp3) is 0.471. The predicted molar refractivity (Wildman–Crippen MR) is 85.0 cm³/mol. The normalized spacial score (nSPS) is 15.5. The van der Waals surface area contributed by atoms with Gasteiger partial charge < -0.3 is 10.1 Å². The molecule has 124 valence electrons. The first-order chi connectivity index (χ1) is 10.9. The third-order valence-corrected chi connectivity index (χ3v) is 3.59. The van der Waals surface area contributed by atoms with Gasteiger partial charge in [-0.2, -0.15) is 0 Å². The van der Waals surface area contributed by atoms with Crippen molar-refractivity contribution < 1.29 is 19.1 Å². The molecular weight excluding hydrogens is 296 g/mol. The van der Waals surface area contributed by atoms with E-state index in [0.717, 1.165) is 16.9 Å². The smallest absolute Gasteiger partial charge is 0.338 e. The zero-order valence-corrected chi connectivity index (χ0v) is 13.7. The van der Waals surface area contributed by atoms with Gasteiger partial charge in [-0.05, 0) is 37.0 Å². The molecule has 1 aromatic carbocycles. The summed E-state index contributed by atoms with van der Waals surface area (Å²) in [6.07, 6.45) is -0.0597. The molecule has 1 atom stereocenters. The van der Waals surface area contributed by atoms with Gasteiger partial charge in [-0.25, -0.2) is 9.59 Å². The summed E-state index contributed by atoms with van der Waals surface area (Å²) < 4.78 is 5.17. The third-order valence-electron chi connectivity index (χ3n) is 3.59. The van der Waals surface area contributed by atoms with Crippen molar-refractivity contribution in [2.75, 3.05) is 13.1 Å². The minimum Gasteiger partial charge on any atom is -0.449 e. The number of benzene rings is 1. The largest absolute Gasteiger partial charge is 0.449 e. The Kier molecular flexibility index (Phi) is 5.36. The number of nitrogens with one attached hydrogen (secondary N) is 1. The maximum atomic E-state index is 12.1. The van der Waals surface area contributed by atoms with Crippen molar-refractivity contribution >= 4 is 17.9 Å². The summed E-state index contributed by atoms with van der Waals surface area (Å²) in [4.78, 5) is 36.7. The molecule has 0 radical (unpaired) electrons. The van der Waals surface area contributed by atoms with Crippen LogP contribution >= 0.6 is 0 Å². The molecule has 0 spiro atoms. The van der Waals surface area contributed by atoms with E-state index in [1.165, 1.54) is 6.92 Å². The molecule has 2 rings (SSSR count). The van der Waals surface area contributed by atoms with Crippen molar-refractivity contribution in [3.63, 3.8) is 0 Å². The van der Waals surface area contributed by atoms with Crippen LogP contribution in [0.2, 0.25) is 0 Å². The molecule has 1 aliphatic rings. The van der Waals surface area contributed by atoms with Crippen LogP contribution in [0.3, 0.4) is 0 Å². The van der Waals surface area contributed by atoms with Crippen LogP contribution in [0.25, 0.3) is 0 Å². The molecule has 6 nitrogen and oxygen atoms in total. The Morgan fingerprint density at radius 1 is 1.22 bits per heavy atom. The van der Waals surface area contributed by atoms with E-state index in [1.54, 1.807) is 12.1 Å². The Morgan fingerprint density at radius 2 is 1.87 bits per heavy atom. The van der Waals surface area contributed by atoms with Crippen LogP contribution in [0.4, 0.5) is 4.79 Å². The maximum absolute atomic E-state index is 12.1. The molecule has 1 fully saturated rings. The average molecular weight is 318 g/mol. The minimum atomic E-state index is -0.998. The number of ether oxygens (including phenoxy) is 1. The van der Waals surface area contributed by atoms with E-state index in [2.05, 4.69) is 19.2 Å². The van der Waals surface area contributed by atoms with E-state index < -0.39 is 24.0 Å². The second kappa shape index (κ2) is 7.26. The van der Waals surface area contributed by atoms with Gasteiger partial charge in [0.05, 0.1) is 5.56 Å². The zero-order chi connectivity index (χ0) is 17.0. The first-order valence-electron chi connectivity index (χ1n) is 7.77.